The van der Waals surface area contributed by atoms with Crippen LogP contribution in [0.4, 0.5) is 0 Å². The number of methoxy groups -OCH3 is 1. The molecule has 0 spiro atoms. The van der Waals surface area contributed by atoms with E-state index < -0.39 is 5.97 Å². The van der Waals surface area contributed by atoms with Crippen molar-refractivity contribution in [2.45, 2.75) is 6.42 Å². The van der Waals surface area contributed by atoms with E-state index in [2.05, 4.69) is 10.9 Å². The monoisotopic (exact) mass is 413 g/mol. The maximum Gasteiger partial charge on any atom is 0.307 e. The third kappa shape index (κ3) is 4.45. The molecule has 0 radical (unpaired) electrons. The summed E-state index contributed by atoms with van der Waals surface area (Å²) >= 11 is 7.76. The molecular weight excluding hydrogens is 398 g/mol. The second-order valence-corrected chi connectivity index (χ2v) is 7.19. The first kappa shape index (κ1) is 19.7. The molecule has 1 N–H and O–H groups in total. The largest absolute Gasteiger partial charge is 0.493 e. The van der Waals surface area contributed by atoms with Crippen LogP contribution in [0, 0.1) is 12.3 Å². The summed E-state index contributed by atoms with van der Waals surface area (Å²) in [6.07, 6.45) is 6.80. The molecule has 142 valence electrons. The number of fused-ring (bicyclic) bond motifs is 1. The van der Waals surface area contributed by atoms with Crippen LogP contribution in [0.5, 0.6) is 11.5 Å². The summed E-state index contributed by atoms with van der Waals surface area (Å²) in [4.78, 5) is 16.0. The summed E-state index contributed by atoms with van der Waals surface area (Å²) in [5.74, 6) is 2.19. The van der Waals surface area contributed by atoms with E-state index in [9.17, 15) is 9.90 Å². The number of halogens is 1. The number of carboxylic acid groups (broad SMARTS) is 1. The molecule has 2 aromatic carbocycles. The van der Waals surface area contributed by atoms with Gasteiger partial charge in [0.2, 0.25) is 0 Å². The van der Waals surface area contributed by atoms with Crippen LogP contribution >= 0.6 is 22.9 Å². The van der Waals surface area contributed by atoms with Crippen molar-refractivity contribution in [1.29, 1.82) is 0 Å². The van der Waals surface area contributed by atoms with E-state index in [4.69, 9.17) is 27.5 Å². The number of carbonyl (C=O) groups is 1. The number of hydrogen-bond acceptors (Lipinski definition) is 5. The van der Waals surface area contributed by atoms with E-state index in [1.54, 1.807) is 18.2 Å². The Morgan fingerprint density at radius 2 is 2.18 bits per heavy atom. The van der Waals surface area contributed by atoms with Crippen molar-refractivity contribution < 1.29 is 19.4 Å². The molecular formula is C21H16ClNO4S. The average Bonchev–Trinajstić information content (AvgIpc) is 3.10. The standard InChI is InChI=1S/C21H16ClNO4S/c1-3-8-27-20-15(22)10-13(11-17(20)26-2)9-14(12-19(24)25)21-23-16-6-4-5-7-18(16)28-21/h1,4-7,9-11H,8,12H2,2H3,(H,24,25). The number of thiazole rings is 1. The Morgan fingerprint density at radius 1 is 1.39 bits per heavy atom. The Kier molecular flexibility index (Phi) is 6.19. The van der Waals surface area contributed by atoms with Gasteiger partial charge in [-0.25, -0.2) is 4.98 Å². The zero-order chi connectivity index (χ0) is 20.1. The lowest BCUT2D eigenvalue weighted by Crippen LogP contribution is -1.99. The van der Waals surface area contributed by atoms with Gasteiger partial charge in [-0.15, -0.1) is 17.8 Å². The molecule has 0 aliphatic carbocycles. The predicted molar refractivity (Wildman–Crippen MR) is 112 cm³/mol. The number of nitrogens with zero attached hydrogens (tertiary/aromatic N) is 1. The zero-order valence-corrected chi connectivity index (χ0v) is 16.5. The number of aromatic nitrogens is 1. The summed E-state index contributed by atoms with van der Waals surface area (Å²) in [6.45, 7) is 0.0568. The second kappa shape index (κ2) is 8.79. The van der Waals surface area contributed by atoms with Crippen molar-refractivity contribution in [3.63, 3.8) is 0 Å². The second-order valence-electron chi connectivity index (χ2n) is 5.75. The molecule has 0 aliphatic heterocycles. The molecule has 28 heavy (non-hydrogen) atoms. The minimum Gasteiger partial charge on any atom is -0.493 e. The molecule has 5 nitrogen and oxygen atoms in total. The first-order chi connectivity index (χ1) is 13.5. The van der Waals surface area contributed by atoms with Crippen molar-refractivity contribution in [3.05, 3.63) is 52.0 Å². The van der Waals surface area contributed by atoms with Gasteiger partial charge in [-0.3, -0.25) is 4.79 Å². The van der Waals surface area contributed by atoms with E-state index in [1.165, 1.54) is 18.4 Å². The van der Waals surface area contributed by atoms with E-state index in [1.807, 2.05) is 24.3 Å². The lowest BCUT2D eigenvalue weighted by molar-refractivity contribution is -0.135. The fraction of sp³-hybridized carbons (Fsp3) is 0.143. The minimum absolute atomic E-state index is 0.0568. The van der Waals surface area contributed by atoms with Gasteiger partial charge < -0.3 is 14.6 Å². The Labute approximate surface area is 171 Å². The first-order valence-corrected chi connectivity index (χ1v) is 9.43. The van der Waals surface area contributed by atoms with Crippen LogP contribution in [0.15, 0.2) is 36.4 Å². The van der Waals surface area contributed by atoms with Gasteiger partial charge in [0.1, 0.15) is 11.6 Å². The average molecular weight is 414 g/mol. The van der Waals surface area contributed by atoms with Gasteiger partial charge in [0.15, 0.2) is 11.5 Å². The van der Waals surface area contributed by atoms with Crippen LogP contribution in [-0.4, -0.2) is 29.8 Å². The Morgan fingerprint density at radius 3 is 2.86 bits per heavy atom. The number of aliphatic carboxylic acids is 1. The van der Waals surface area contributed by atoms with Crippen LogP contribution in [0.25, 0.3) is 21.9 Å². The van der Waals surface area contributed by atoms with Crippen molar-refractivity contribution in [2.75, 3.05) is 13.7 Å². The third-order valence-corrected chi connectivity index (χ3v) is 5.20. The summed E-state index contributed by atoms with van der Waals surface area (Å²) in [5.41, 5.74) is 2.07. The molecule has 0 fully saturated rings. The number of carboxylic acids is 1. The molecule has 0 atom stereocenters. The molecule has 3 rings (SSSR count). The van der Waals surface area contributed by atoms with Crippen LogP contribution in [0.1, 0.15) is 17.0 Å². The number of ether oxygens (including phenoxy) is 2. The molecule has 0 saturated carbocycles. The molecule has 7 heteroatoms. The maximum absolute atomic E-state index is 11.4. The highest BCUT2D eigenvalue weighted by Gasteiger charge is 2.15. The molecule has 1 aromatic heterocycles. The summed E-state index contributed by atoms with van der Waals surface area (Å²) in [7, 11) is 1.49. The van der Waals surface area contributed by atoms with Gasteiger partial charge in [0.25, 0.3) is 0 Å². The Bertz CT molecular complexity index is 1060. The lowest BCUT2D eigenvalue weighted by atomic mass is 10.1. The number of para-hydroxylation sites is 1. The highest BCUT2D eigenvalue weighted by molar-refractivity contribution is 7.19. The van der Waals surface area contributed by atoms with Gasteiger partial charge in [0.05, 0.1) is 28.8 Å². The van der Waals surface area contributed by atoms with Crippen LogP contribution in [0.2, 0.25) is 5.02 Å². The Hall–Kier alpha value is -3.01. The zero-order valence-electron chi connectivity index (χ0n) is 14.9. The molecule has 1 heterocycles. The first-order valence-electron chi connectivity index (χ1n) is 8.24. The molecule has 0 unspecified atom stereocenters. The summed E-state index contributed by atoms with van der Waals surface area (Å²) in [6, 6.07) is 11.0. The molecule has 0 bridgehead atoms. The quantitative estimate of drug-likeness (QED) is 0.553. The van der Waals surface area contributed by atoms with Crippen molar-refractivity contribution in [1.82, 2.24) is 4.98 Å². The van der Waals surface area contributed by atoms with E-state index >= 15 is 0 Å². The lowest BCUT2D eigenvalue weighted by Gasteiger charge is -2.12. The fourth-order valence-corrected chi connectivity index (χ4v) is 3.89. The number of rotatable bonds is 7. The van der Waals surface area contributed by atoms with Gasteiger partial charge in [0, 0.05) is 0 Å². The predicted octanol–water partition coefficient (Wildman–Crippen LogP) is 4.99. The van der Waals surface area contributed by atoms with Crippen LogP contribution in [-0.2, 0) is 4.79 Å². The highest BCUT2D eigenvalue weighted by Crippen LogP contribution is 2.38. The van der Waals surface area contributed by atoms with Crippen LogP contribution in [0.3, 0.4) is 0 Å². The van der Waals surface area contributed by atoms with Gasteiger partial charge in [-0.2, -0.15) is 0 Å². The van der Waals surface area contributed by atoms with Crippen molar-refractivity contribution in [2.24, 2.45) is 0 Å². The number of benzene rings is 2. The van der Waals surface area contributed by atoms with Gasteiger partial charge in [-0.1, -0.05) is 29.7 Å². The number of hydrogen-bond donors (Lipinski definition) is 1. The van der Waals surface area contributed by atoms with E-state index in [0.717, 1.165) is 10.2 Å². The fourth-order valence-electron chi connectivity index (χ4n) is 2.64. The highest BCUT2D eigenvalue weighted by atomic mass is 35.5. The van der Waals surface area contributed by atoms with Crippen molar-refractivity contribution in [3.8, 4) is 23.8 Å². The van der Waals surface area contributed by atoms with Crippen LogP contribution < -0.4 is 9.47 Å². The third-order valence-electron chi connectivity index (χ3n) is 3.80. The molecule has 0 saturated heterocycles. The molecule has 3 aromatic rings. The summed E-state index contributed by atoms with van der Waals surface area (Å²) in [5, 5.41) is 10.3. The van der Waals surface area contributed by atoms with Gasteiger partial charge >= 0.3 is 5.97 Å². The SMILES string of the molecule is C#CCOc1c(Cl)cc(C=C(CC(=O)O)c2nc3ccccc3s2)cc1OC. The van der Waals surface area contributed by atoms with E-state index in [0.29, 0.717) is 32.7 Å². The van der Waals surface area contributed by atoms with E-state index in [-0.39, 0.29) is 13.0 Å². The Balaban J connectivity index is 2.06. The maximum atomic E-state index is 11.4. The normalized spacial score (nSPS) is 11.2. The number of terminal acetylenes is 1. The summed E-state index contributed by atoms with van der Waals surface area (Å²) < 4.78 is 11.8. The smallest absolute Gasteiger partial charge is 0.307 e. The topological polar surface area (TPSA) is 68.7 Å². The van der Waals surface area contributed by atoms with Crippen molar-refractivity contribution >= 4 is 50.8 Å². The molecule has 0 aliphatic rings. The molecule has 0 amide bonds. The van der Waals surface area contributed by atoms with Gasteiger partial charge in [-0.05, 0) is 41.5 Å². The minimum atomic E-state index is -0.947.